The van der Waals surface area contributed by atoms with Crippen molar-refractivity contribution in [2.24, 2.45) is 0 Å². The lowest BCUT2D eigenvalue weighted by molar-refractivity contribution is -0.121. The van der Waals surface area contributed by atoms with Crippen LogP contribution in [0.4, 0.5) is 10.1 Å². The third kappa shape index (κ3) is 7.22. The molecule has 0 unspecified atom stereocenters. The summed E-state index contributed by atoms with van der Waals surface area (Å²) in [6.07, 6.45) is 1.37. The molecule has 0 radical (unpaired) electrons. The van der Waals surface area contributed by atoms with Gasteiger partial charge in [-0.15, -0.1) is 0 Å². The highest BCUT2D eigenvalue weighted by Gasteiger charge is 2.20. The first-order chi connectivity index (χ1) is 14.2. The second kappa shape index (κ2) is 10.8. The van der Waals surface area contributed by atoms with Crippen LogP contribution in [-0.4, -0.2) is 46.9 Å². The van der Waals surface area contributed by atoms with Gasteiger partial charge in [0.25, 0.3) is 0 Å². The van der Waals surface area contributed by atoms with Gasteiger partial charge in [0.1, 0.15) is 23.9 Å². The van der Waals surface area contributed by atoms with Gasteiger partial charge in [-0.2, -0.15) is 0 Å². The molecule has 0 aliphatic rings. The predicted molar refractivity (Wildman–Crippen MR) is 114 cm³/mol. The van der Waals surface area contributed by atoms with Gasteiger partial charge in [-0.25, -0.2) is 12.8 Å². The quantitative estimate of drug-likeness (QED) is 0.583. The van der Waals surface area contributed by atoms with E-state index < -0.39 is 15.8 Å². The number of sulfonamides is 1. The summed E-state index contributed by atoms with van der Waals surface area (Å²) in [5.74, 6) is 0.521. The van der Waals surface area contributed by atoms with E-state index in [-0.39, 0.29) is 43.6 Å². The van der Waals surface area contributed by atoms with Gasteiger partial charge in [-0.3, -0.25) is 9.10 Å². The van der Waals surface area contributed by atoms with Gasteiger partial charge >= 0.3 is 0 Å². The molecule has 1 N–H and O–H groups in total. The van der Waals surface area contributed by atoms with Crippen molar-refractivity contribution in [1.82, 2.24) is 5.32 Å². The normalized spacial score (nSPS) is 12.1. The maximum atomic E-state index is 14.0. The zero-order valence-corrected chi connectivity index (χ0v) is 18.1. The molecule has 2 aromatic carbocycles. The van der Waals surface area contributed by atoms with Gasteiger partial charge in [-0.05, 0) is 49.7 Å². The van der Waals surface area contributed by atoms with Crippen molar-refractivity contribution in [1.29, 1.82) is 0 Å². The molecular formula is C21H27FN2O5S. The highest BCUT2D eigenvalue weighted by atomic mass is 32.2. The Hall–Kier alpha value is -2.81. The Morgan fingerprint density at radius 1 is 1.13 bits per heavy atom. The first-order valence-corrected chi connectivity index (χ1v) is 11.3. The van der Waals surface area contributed by atoms with Crippen LogP contribution >= 0.6 is 0 Å². The van der Waals surface area contributed by atoms with Crippen molar-refractivity contribution in [3.63, 3.8) is 0 Å². The average molecular weight is 439 g/mol. The number of ether oxygens (including phenoxy) is 2. The van der Waals surface area contributed by atoms with Gasteiger partial charge in [-0.1, -0.05) is 12.1 Å². The summed E-state index contributed by atoms with van der Waals surface area (Å²) < 4.78 is 49.7. The van der Waals surface area contributed by atoms with Gasteiger partial charge in [0, 0.05) is 13.0 Å². The summed E-state index contributed by atoms with van der Waals surface area (Å²) in [5.41, 5.74) is -0.0262. The highest BCUT2D eigenvalue weighted by Crippen LogP contribution is 2.22. The molecule has 0 aliphatic carbocycles. The van der Waals surface area contributed by atoms with Crippen LogP contribution in [0.15, 0.2) is 48.5 Å². The number of rotatable bonds is 11. The van der Waals surface area contributed by atoms with Crippen LogP contribution in [0.1, 0.15) is 19.8 Å². The van der Waals surface area contributed by atoms with E-state index >= 15 is 0 Å². The fraction of sp³-hybridized carbons (Fsp3) is 0.381. The number of nitrogens with one attached hydrogen (secondary N) is 1. The molecule has 2 aromatic rings. The lowest BCUT2D eigenvalue weighted by Crippen LogP contribution is -2.37. The van der Waals surface area contributed by atoms with E-state index in [1.165, 1.54) is 18.2 Å². The average Bonchev–Trinajstić information content (AvgIpc) is 2.70. The fourth-order valence-electron chi connectivity index (χ4n) is 2.78. The molecule has 2 rings (SSSR count). The van der Waals surface area contributed by atoms with Crippen molar-refractivity contribution in [2.45, 2.75) is 25.8 Å². The van der Waals surface area contributed by atoms with E-state index in [9.17, 15) is 17.6 Å². The minimum Gasteiger partial charge on any atom is -0.497 e. The molecule has 9 heteroatoms. The minimum atomic E-state index is -3.67. The van der Waals surface area contributed by atoms with Crippen LogP contribution in [0.2, 0.25) is 0 Å². The van der Waals surface area contributed by atoms with Crippen LogP contribution in [0.5, 0.6) is 11.5 Å². The summed E-state index contributed by atoms with van der Waals surface area (Å²) in [5, 5.41) is 2.81. The first kappa shape index (κ1) is 23.5. The third-order valence-corrected chi connectivity index (χ3v) is 5.43. The molecule has 0 spiro atoms. The number of benzene rings is 2. The van der Waals surface area contributed by atoms with Gasteiger partial charge in [0.15, 0.2) is 0 Å². The molecule has 0 heterocycles. The van der Waals surface area contributed by atoms with Crippen LogP contribution in [0.25, 0.3) is 0 Å². The Bertz CT molecular complexity index is 935. The number of anilines is 1. The number of carbonyl (C=O) groups excluding carboxylic acids is 1. The number of carbonyl (C=O) groups is 1. The SMILES string of the molecule is COc1ccc(OC[C@@H](C)NC(=O)CCCN(c2ccccc2F)S(C)(=O)=O)cc1. The van der Waals surface area contributed by atoms with Crippen LogP contribution in [-0.2, 0) is 14.8 Å². The summed E-state index contributed by atoms with van der Waals surface area (Å²) in [7, 11) is -2.09. The van der Waals surface area contributed by atoms with Gasteiger partial charge in [0.05, 0.1) is 25.1 Å². The van der Waals surface area contributed by atoms with Crippen LogP contribution < -0.4 is 19.1 Å². The number of hydrogen-bond donors (Lipinski definition) is 1. The second-order valence-corrected chi connectivity index (χ2v) is 8.75. The monoisotopic (exact) mass is 438 g/mol. The number of hydrogen-bond acceptors (Lipinski definition) is 5. The van der Waals surface area contributed by atoms with Crippen molar-refractivity contribution >= 4 is 21.6 Å². The molecule has 1 atom stereocenters. The number of amides is 1. The van der Waals surface area contributed by atoms with E-state index in [1.54, 1.807) is 37.4 Å². The van der Waals surface area contributed by atoms with E-state index in [4.69, 9.17) is 9.47 Å². The van der Waals surface area contributed by atoms with E-state index in [2.05, 4.69) is 5.32 Å². The third-order valence-electron chi connectivity index (χ3n) is 4.25. The Labute approximate surface area is 176 Å². The second-order valence-electron chi connectivity index (χ2n) is 6.85. The molecule has 7 nitrogen and oxygen atoms in total. The first-order valence-electron chi connectivity index (χ1n) is 9.49. The standard InChI is InChI=1S/C21H27FN2O5S/c1-16(15-29-18-12-10-17(28-2)11-13-18)23-21(25)9-6-14-24(30(3,26)27)20-8-5-4-7-19(20)22/h4-5,7-8,10-13,16H,6,9,14-15H2,1-3H3,(H,23,25)/t16-/m1/s1. The number of halogens is 1. The molecular weight excluding hydrogens is 411 g/mol. The molecule has 30 heavy (non-hydrogen) atoms. The van der Waals surface area contributed by atoms with E-state index in [1.807, 2.05) is 6.92 Å². The van der Waals surface area contributed by atoms with Crippen molar-refractivity contribution < 1.29 is 27.1 Å². The van der Waals surface area contributed by atoms with Crippen LogP contribution in [0.3, 0.4) is 0 Å². The van der Waals surface area contributed by atoms with Gasteiger partial charge in [0.2, 0.25) is 15.9 Å². The summed E-state index contributed by atoms with van der Waals surface area (Å²) in [6.45, 7) is 2.09. The molecule has 0 fully saturated rings. The summed E-state index contributed by atoms with van der Waals surface area (Å²) in [4.78, 5) is 12.2. The van der Waals surface area contributed by atoms with E-state index in [0.717, 1.165) is 16.3 Å². The summed E-state index contributed by atoms with van der Waals surface area (Å²) in [6, 6.07) is 12.5. The molecule has 0 aromatic heterocycles. The number of nitrogens with zero attached hydrogens (tertiary/aromatic N) is 1. The Balaban J connectivity index is 1.80. The lowest BCUT2D eigenvalue weighted by Gasteiger charge is -2.23. The number of methoxy groups -OCH3 is 1. The molecule has 0 saturated heterocycles. The molecule has 0 bridgehead atoms. The summed E-state index contributed by atoms with van der Waals surface area (Å²) >= 11 is 0. The zero-order chi connectivity index (χ0) is 22.1. The fourth-order valence-corrected chi connectivity index (χ4v) is 3.75. The Morgan fingerprint density at radius 2 is 1.77 bits per heavy atom. The highest BCUT2D eigenvalue weighted by molar-refractivity contribution is 7.92. The van der Waals surface area contributed by atoms with Gasteiger partial charge < -0.3 is 14.8 Å². The molecule has 0 aliphatic heterocycles. The largest absolute Gasteiger partial charge is 0.497 e. The van der Waals surface area contributed by atoms with Crippen LogP contribution in [0, 0.1) is 5.82 Å². The molecule has 1 amide bonds. The maximum Gasteiger partial charge on any atom is 0.232 e. The number of para-hydroxylation sites is 1. The predicted octanol–water partition coefficient (Wildman–Crippen LogP) is 2.96. The molecule has 164 valence electrons. The Kier molecular flexibility index (Phi) is 8.46. The Morgan fingerprint density at radius 3 is 2.37 bits per heavy atom. The van der Waals surface area contributed by atoms with E-state index in [0.29, 0.717) is 5.75 Å². The van der Waals surface area contributed by atoms with Crippen molar-refractivity contribution in [2.75, 3.05) is 30.8 Å². The maximum absolute atomic E-state index is 14.0. The topological polar surface area (TPSA) is 84.9 Å². The molecule has 0 saturated carbocycles. The lowest BCUT2D eigenvalue weighted by atomic mass is 10.2. The minimum absolute atomic E-state index is 0.00388. The smallest absolute Gasteiger partial charge is 0.232 e. The van der Waals surface area contributed by atoms with Crippen molar-refractivity contribution in [3.05, 3.63) is 54.3 Å². The van der Waals surface area contributed by atoms with Crippen molar-refractivity contribution in [3.8, 4) is 11.5 Å². The zero-order valence-electron chi connectivity index (χ0n) is 17.3.